The van der Waals surface area contributed by atoms with Gasteiger partial charge in [-0.25, -0.2) is 4.79 Å². The molecule has 0 spiro atoms. The van der Waals surface area contributed by atoms with Crippen LogP contribution in [0.2, 0.25) is 5.02 Å². The summed E-state index contributed by atoms with van der Waals surface area (Å²) in [6, 6.07) is 13.7. The van der Waals surface area contributed by atoms with Crippen LogP contribution in [0.3, 0.4) is 0 Å². The molecule has 2 saturated heterocycles. The van der Waals surface area contributed by atoms with E-state index in [4.69, 9.17) is 33.0 Å². The van der Waals surface area contributed by atoms with Gasteiger partial charge in [0.15, 0.2) is 5.11 Å². The maximum Gasteiger partial charge on any atom is 0.335 e. The third kappa shape index (κ3) is 5.24. The maximum absolute atomic E-state index is 11.5. The Kier molecular flexibility index (Phi) is 7.52. The second-order valence-corrected chi connectivity index (χ2v) is 9.62. The molecule has 2 aromatic heterocycles. The van der Waals surface area contributed by atoms with Crippen LogP contribution in [0.25, 0.3) is 11.3 Å². The number of aromatic nitrogens is 1. The number of carboxylic acids is 1. The van der Waals surface area contributed by atoms with Gasteiger partial charge >= 0.3 is 5.97 Å². The molecule has 0 aliphatic carbocycles. The van der Waals surface area contributed by atoms with Gasteiger partial charge < -0.3 is 24.5 Å². The molecule has 2 fully saturated rings. The molecule has 0 bridgehead atoms. The zero-order valence-corrected chi connectivity index (χ0v) is 21.2. The van der Waals surface area contributed by atoms with E-state index in [0.29, 0.717) is 27.2 Å². The summed E-state index contributed by atoms with van der Waals surface area (Å²) in [7, 11) is 0. The first-order chi connectivity index (χ1) is 17.5. The molecule has 2 atom stereocenters. The number of morpholine rings is 1. The highest BCUT2D eigenvalue weighted by Crippen LogP contribution is 2.41. The summed E-state index contributed by atoms with van der Waals surface area (Å²) in [6.07, 6.45) is 2.70. The summed E-state index contributed by atoms with van der Waals surface area (Å²) in [5.41, 5.74) is 1.54. The van der Waals surface area contributed by atoms with E-state index in [2.05, 4.69) is 20.1 Å². The Labute approximate surface area is 219 Å². The molecule has 0 radical (unpaired) electrons. The Morgan fingerprint density at radius 2 is 2.00 bits per heavy atom. The summed E-state index contributed by atoms with van der Waals surface area (Å²) < 4.78 is 11.8. The highest BCUT2D eigenvalue weighted by molar-refractivity contribution is 7.80. The van der Waals surface area contributed by atoms with Gasteiger partial charge in [-0.3, -0.25) is 9.88 Å². The minimum Gasteiger partial charge on any atom is -0.478 e. The first-order valence-electron chi connectivity index (χ1n) is 11.9. The van der Waals surface area contributed by atoms with Crippen LogP contribution in [0, 0.1) is 0 Å². The third-order valence-electron chi connectivity index (χ3n) is 6.57. The number of rotatable bonds is 8. The van der Waals surface area contributed by atoms with Crippen LogP contribution in [-0.4, -0.2) is 70.4 Å². The highest BCUT2D eigenvalue weighted by Gasteiger charge is 2.41. The summed E-state index contributed by atoms with van der Waals surface area (Å²) in [6.45, 7) is 5.15. The molecule has 5 rings (SSSR count). The lowest BCUT2D eigenvalue weighted by Crippen LogP contribution is -2.38. The van der Waals surface area contributed by atoms with Gasteiger partial charge in [-0.2, -0.15) is 0 Å². The normalized spacial score (nSPS) is 20.5. The van der Waals surface area contributed by atoms with Gasteiger partial charge in [-0.05, 0) is 61.1 Å². The molecule has 0 unspecified atom stereocenters. The molecule has 4 heterocycles. The van der Waals surface area contributed by atoms with Crippen molar-refractivity contribution >= 4 is 34.9 Å². The van der Waals surface area contributed by atoms with Crippen molar-refractivity contribution in [3.8, 4) is 11.3 Å². The molecule has 10 heteroatoms. The third-order valence-corrected chi connectivity index (χ3v) is 7.25. The number of benzene rings is 1. The Morgan fingerprint density at radius 3 is 2.75 bits per heavy atom. The number of furan rings is 1. The van der Waals surface area contributed by atoms with E-state index >= 15 is 0 Å². The number of thiocarbonyl (C=S) groups is 1. The molecule has 188 valence electrons. The largest absolute Gasteiger partial charge is 0.478 e. The lowest BCUT2D eigenvalue weighted by atomic mass is 10.0. The number of halogens is 1. The number of ether oxygens (including phenoxy) is 1. The SMILES string of the molecule is O=C(O)c1ccc(Cl)c(-c2ccc([C@H]3[C@@H](c4ccccn4)NC(=S)N3CCCN3CCOCC3)o2)c1. The van der Waals surface area contributed by atoms with Gasteiger partial charge in [0.05, 0.1) is 35.5 Å². The zero-order chi connectivity index (χ0) is 25.1. The van der Waals surface area contributed by atoms with E-state index in [-0.39, 0.29) is 17.6 Å². The van der Waals surface area contributed by atoms with E-state index < -0.39 is 5.97 Å². The quantitative estimate of drug-likeness (QED) is 0.415. The highest BCUT2D eigenvalue weighted by atomic mass is 35.5. The standard InChI is InChI=1S/C26H27ClN4O4S/c27-19-6-5-17(25(32)33)16-18(19)21-7-8-22(35-21)24-23(20-4-1-2-9-28-20)29-26(36)31(24)11-3-10-30-12-14-34-15-13-30/h1-2,4-9,16,23-24H,3,10-15H2,(H,29,36)(H,32,33)/t23-,24+/m1/s1. The maximum atomic E-state index is 11.5. The zero-order valence-electron chi connectivity index (χ0n) is 19.6. The van der Waals surface area contributed by atoms with Crippen molar-refractivity contribution in [3.05, 3.63) is 76.8 Å². The van der Waals surface area contributed by atoms with Crippen molar-refractivity contribution in [3.63, 3.8) is 0 Å². The monoisotopic (exact) mass is 526 g/mol. The fourth-order valence-corrected chi connectivity index (χ4v) is 5.29. The number of hydrogen-bond acceptors (Lipinski definition) is 6. The average Bonchev–Trinajstić information content (AvgIpc) is 3.50. The van der Waals surface area contributed by atoms with E-state index in [9.17, 15) is 9.90 Å². The second-order valence-electron chi connectivity index (χ2n) is 8.83. The lowest BCUT2D eigenvalue weighted by molar-refractivity contribution is 0.0365. The van der Waals surface area contributed by atoms with Gasteiger partial charge in [-0.15, -0.1) is 0 Å². The summed E-state index contributed by atoms with van der Waals surface area (Å²) in [4.78, 5) is 20.6. The molecular weight excluding hydrogens is 500 g/mol. The topological polar surface area (TPSA) is 91.1 Å². The minimum absolute atomic E-state index is 0.146. The van der Waals surface area contributed by atoms with E-state index in [1.54, 1.807) is 12.3 Å². The summed E-state index contributed by atoms with van der Waals surface area (Å²) >= 11 is 12.2. The first-order valence-corrected chi connectivity index (χ1v) is 12.7. The molecular formula is C26H27ClN4O4S. The Hall–Kier alpha value is -2.98. The number of hydrogen-bond donors (Lipinski definition) is 2. The van der Waals surface area contributed by atoms with Crippen molar-refractivity contribution in [1.82, 2.24) is 20.1 Å². The lowest BCUT2D eigenvalue weighted by Gasteiger charge is -2.29. The Bertz CT molecular complexity index is 1230. The van der Waals surface area contributed by atoms with Crippen LogP contribution in [0.4, 0.5) is 0 Å². The van der Waals surface area contributed by atoms with Gasteiger partial charge in [-0.1, -0.05) is 17.7 Å². The summed E-state index contributed by atoms with van der Waals surface area (Å²) in [5, 5.41) is 13.9. The van der Waals surface area contributed by atoms with E-state index in [1.807, 2.05) is 30.3 Å². The molecule has 2 N–H and O–H groups in total. The van der Waals surface area contributed by atoms with Gasteiger partial charge in [0.2, 0.25) is 0 Å². The van der Waals surface area contributed by atoms with Crippen molar-refractivity contribution in [2.75, 3.05) is 39.4 Å². The Morgan fingerprint density at radius 1 is 1.17 bits per heavy atom. The summed E-state index contributed by atoms with van der Waals surface area (Å²) in [5.74, 6) is 0.187. The number of carboxylic acid groups (broad SMARTS) is 1. The van der Waals surface area contributed by atoms with Crippen molar-refractivity contribution in [1.29, 1.82) is 0 Å². The van der Waals surface area contributed by atoms with Gasteiger partial charge in [0.1, 0.15) is 17.6 Å². The predicted molar refractivity (Wildman–Crippen MR) is 140 cm³/mol. The second kappa shape index (κ2) is 11.0. The van der Waals surface area contributed by atoms with Crippen LogP contribution in [0.5, 0.6) is 0 Å². The van der Waals surface area contributed by atoms with Crippen LogP contribution in [0.1, 0.15) is 40.3 Å². The molecule has 2 aliphatic rings. The Balaban J connectivity index is 1.43. The fraction of sp³-hybridized carbons (Fsp3) is 0.346. The van der Waals surface area contributed by atoms with Crippen molar-refractivity contribution in [2.45, 2.75) is 18.5 Å². The number of pyridine rings is 1. The predicted octanol–water partition coefficient (Wildman–Crippen LogP) is 4.39. The van der Waals surface area contributed by atoms with Crippen LogP contribution < -0.4 is 5.32 Å². The average molecular weight is 527 g/mol. The van der Waals surface area contributed by atoms with Crippen LogP contribution in [0.15, 0.2) is 59.1 Å². The molecule has 8 nitrogen and oxygen atoms in total. The molecule has 36 heavy (non-hydrogen) atoms. The molecule has 3 aromatic rings. The fourth-order valence-electron chi connectivity index (χ4n) is 4.75. The van der Waals surface area contributed by atoms with Gasteiger partial charge in [0, 0.05) is 37.9 Å². The number of aromatic carboxylic acids is 1. The first kappa shape index (κ1) is 24.7. The van der Waals surface area contributed by atoms with Gasteiger partial charge in [0.25, 0.3) is 0 Å². The van der Waals surface area contributed by atoms with E-state index in [0.717, 1.165) is 51.5 Å². The molecule has 2 aliphatic heterocycles. The number of carbonyl (C=O) groups is 1. The van der Waals surface area contributed by atoms with Crippen molar-refractivity contribution < 1.29 is 19.1 Å². The smallest absolute Gasteiger partial charge is 0.335 e. The molecule has 0 amide bonds. The minimum atomic E-state index is -1.02. The number of nitrogens with one attached hydrogen (secondary N) is 1. The molecule has 0 saturated carbocycles. The van der Waals surface area contributed by atoms with E-state index in [1.165, 1.54) is 12.1 Å². The molecule has 1 aromatic carbocycles. The van der Waals surface area contributed by atoms with Crippen molar-refractivity contribution in [2.24, 2.45) is 0 Å². The van der Waals surface area contributed by atoms with Crippen LogP contribution >= 0.6 is 23.8 Å². The van der Waals surface area contributed by atoms with Crippen LogP contribution in [-0.2, 0) is 4.74 Å². The number of nitrogens with zero attached hydrogens (tertiary/aromatic N) is 3.